The number of alkyl carbamates (subject to hydrolysis) is 1. The van der Waals surface area contributed by atoms with E-state index in [0.717, 1.165) is 29.1 Å². The first kappa shape index (κ1) is 98.8. The van der Waals surface area contributed by atoms with Crippen molar-refractivity contribution < 1.29 is 118 Å². The van der Waals surface area contributed by atoms with Crippen molar-refractivity contribution in [2.75, 3.05) is 106 Å². The number of unbranched alkanes of at least 4 members (excludes halogenated alkanes) is 4. The second-order valence-corrected chi connectivity index (χ2v) is 32.3. The van der Waals surface area contributed by atoms with Gasteiger partial charge in [0.1, 0.15) is 36.4 Å². The summed E-state index contributed by atoms with van der Waals surface area (Å²) in [4.78, 5) is 172. The molecular weight excluding hydrogens is 1550 g/mol. The van der Waals surface area contributed by atoms with Gasteiger partial charge in [0.25, 0.3) is 11.8 Å². The van der Waals surface area contributed by atoms with Crippen LogP contribution in [-0.4, -0.2) is 234 Å². The van der Waals surface area contributed by atoms with Crippen LogP contribution in [0.25, 0.3) is 0 Å². The molecule has 4 rings (SSSR count). The van der Waals surface area contributed by atoms with E-state index in [4.69, 9.17) is 53.8 Å². The highest BCUT2D eigenvalue weighted by Gasteiger charge is 2.39. The molecule has 36 heteroatoms. The maximum Gasteiger partial charge on any atom is 0.481 e. The van der Waals surface area contributed by atoms with E-state index in [0.29, 0.717) is 106 Å². The molecule has 2 aliphatic rings. The quantitative estimate of drug-likeness (QED) is 0.00775. The maximum absolute atomic E-state index is 14.4. The Bertz CT molecular complexity index is 3590. The van der Waals surface area contributed by atoms with Crippen molar-refractivity contribution >= 4 is 92.4 Å². The number of benzene rings is 2. The van der Waals surface area contributed by atoms with E-state index in [1.165, 1.54) is 40.9 Å². The van der Waals surface area contributed by atoms with Gasteiger partial charge in [0.15, 0.2) is 11.9 Å². The molecule has 640 valence electrons. The number of hydrogen-bond acceptors (Lipinski definition) is 23. The fourth-order valence-electron chi connectivity index (χ4n) is 11.7. The van der Waals surface area contributed by atoms with Crippen LogP contribution in [0.1, 0.15) is 179 Å². The number of allylic oxidation sites excluding steroid dienone is 1. The number of Topliss-reactive ketones (excluding diaryl/α,β-unsaturated/α-hetero) is 1. The summed E-state index contributed by atoms with van der Waals surface area (Å²) in [6.07, 6.45) is 3.58. The van der Waals surface area contributed by atoms with Crippen molar-refractivity contribution in [1.29, 1.82) is 0 Å². The highest BCUT2D eigenvalue weighted by atomic mass is 35.5. The van der Waals surface area contributed by atoms with Crippen molar-refractivity contribution in [3.05, 3.63) is 93.5 Å². The molecule has 2 aromatic carbocycles. The number of nitrogens with one attached hydrogen (secondary N) is 6. The van der Waals surface area contributed by atoms with Crippen LogP contribution in [-0.2, 0) is 100 Å². The SMILES string of the molecule is C/C=C(\C)[C@H]1OC(=O)[C@@H](C)NC(=O)[C@H](C(C)CC)NC(=O)CN(C)C(=O)[C@@H](Cc2ccc(Cl)cc2)N(C)C(=O)[C@H](C)NC(=O)[C@@H](CC(C)C)OC(=O)/C(C)=C/C[C@H](OC(=O)NCCCCCOP(=O)(O)OP(=O)(O)OCCCCCNC(=O)CCOCCOCCOCCOCCNC(=O)c2ccc(C(=O)C3CCC3)cc2)[C@@H]1C. The second-order valence-electron chi connectivity index (χ2n) is 28.8. The van der Waals surface area contributed by atoms with Crippen LogP contribution in [0.3, 0.4) is 0 Å². The third-order valence-electron chi connectivity index (χ3n) is 19.1. The zero-order valence-corrected chi connectivity index (χ0v) is 70.4. The Morgan fingerprint density at radius 2 is 1.25 bits per heavy atom. The fourth-order valence-corrected chi connectivity index (χ4v) is 14.0. The monoisotopic (exact) mass is 1670 g/mol. The number of ether oxygens (including phenoxy) is 7. The summed E-state index contributed by atoms with van der Waals surface area (Å²) in [5, 5.41) is 16.6. The number of phosphoric ester groups is 2. The summed E-state index contributed by atoms with van der Waals surface area (Å²) >= 11 is 6.17. The molecule has 0 aromatic heterocycles. The summed E-state index contributed by atoms with van der Waals surface area (Å²) in [7, 11) is -7.42. The highest BCUT2D eigenvalue weighted by molar-refractivity contribution is 7.61. The van der Waals surface area contributed by atoms with Crippen molar-refractivity contribution in [1.82, 2.24) is 41.7 Å². The van der Waals surface area contributed by atoms with Crippen LogP contribution in [0.2, 0.25) is 5.02 Å². The highest BCUT2D eigenvalue weighted by Crippen LogP contribution is 2.60. The minimum atomic E-state index is -5.10. The minimum Gasteiger partial charge on any atom is -0.456 e. The minimum absolute atomic E-state index is 0.00299. The van der Waals surface area contributed by atoms with Crippen LogP contribution in [0.5, 0.6) is 0 Å². The Morgan fingerprint density at radius 3 is 1.81 bits per heavy atom. The fraction of sp³-hybridized carbons (Fsp3) is 0.654. The number of likely N-dealkylation sites (N-methyl/N-ethyl adjacent to an activating group) is 2. The molecule has 114 heavy (non-hydrogen) atoms. The Kier molecular flexibility index (Phi) is 45.3. The molecule has 0 radical (unpaired) electrons. The van der Waals surface area contributed by atoms with Gasteiger partial charge in [-0.3, -0.25) is 47.4 Å². The molecule has 3 unspecified atom stereocenters. The lowest BCUT2D eigenvalue weighted by Crippen LogP contribution is -2.57. The standard InChI is InChI=1S/C78H121ClN8O25P2/c1-13-52(5)68-73(93)84-57(10)77(97)111-70(53(6)14-2)55(8)64(33-24-54(7)76(96)109-65(48-51(3)4)72(92)83-56(9)74(94)87(12)63(49-58-25-31-62(79)32-26-58)75(95)86(11)50-67(89)85-68)110-78(98)82-36-18-16-20-39-108-114(101,102)112-113(99,100)107-38-19-15-17-35-80-66(88)34-40-103-42-44-105-46-47-106-45-43-104-41-37-81-71(91)61-29-27-60(28-30-61)69(90)59-22-21-23-59/h14,24-32,51-52,55-57,59,63-65,68,70H,13,15-23,33-50H2,1-12H3,(H,80,88)(H,81,91)(H,82,98)(H,83,92)(H,84,93)(H,85,89)(H,99,100)(H,101,102)/b53-14+,54-24+/t52?,55-,56-,57+,63+,64-,65+,68-,70+/m0/s1. The van der Waals surface area contributed by atoms with Gasteiger partial charge in [-0.2, -0.15) is 4.31 Å². The molecule has 1 heterocycles. The smallest absolute Gasteiger partial charge is 0.456 e. The van der Waals surface area contributed by atoms with Crippen molar-refractivity contribution in [3.63, 3.8) is 0 Å². The van der Waals surface area contributed by atoms with Gasteiger partial charge in [0.2, 0.25) is 29.5 Å². The third kappa shape index (κ3) is 37.2. The Balaban J connectivity index is 1.21. The molecule has 8 amide bonds. The molecule has 1 aliphatic carbocycles. The van der Waals surface area contributed by atoms with Crippen LogP contribution in [0.15, 0.2) is 71.8 Å². The average molecular weight is 1670 g/mol. The van der Waals surface area contributed by atoms with Gasteiger partial charge in [-0.05, 0) is 140 Å². The molecule has 0 spiro atoms. The number of halogens is 1. The Labute approximate surface area is 674 Å². The topological polar surface area (TPSA) is 433 Å². The van der Waals surface area contributed by atoms with Gasteiger partial charge in [0, 0.05) is 86.6 Å². The Morgan fingerprint density at radius 1 is 0.684 bits per heavy atom. The normalized spacial score (nSPS) is 22.3. The predicted octanol–water partition coefficient (Wildman–Crippen LogP) is 8.20. The number of nitrogens with zero attached hydrogens (tertiary/aromatic N) is 2. The zero-order chi connectivity index (χ0) is 84.5. The van der Waals surface area contributed by atoms with Gasteiger partial charge in [-0.1, -0.05) is 95.5 Å². The molecule has 8 N–H and O–H groups in total. The Hall–Kier alpha value is -7.52. The van der Waals surface area contributed by atoms with E-state index in [2.05, 4.69) is 36.2 Å². The van der Waals surface area contributed by atoms with Gasteiger partial charge in [-0.15, -0.1) is 0 Å². The molecule has 1 fully saturated rings. The lowest BCUT2D eigenvalue weighted by molar-refractivity contribution is -0.155. The number of rotatable bonds is 42. The number of amides is 8. The van der Waals surface area contributed by atoms with E-state index in [1.54, 1.807) is 103 Å². The van der Waals surface area contributed by atoms with E-state index in [1.807, 2.05) is 0 Å². The van der Waals surface area contributed by atoms with Gasteiger partial charge in [-0.25, -0.2) is 23.5 Å². The number of phosphoric acid groups is 2. The lowest BCUT2D eigenvalue weighted by Gasteiger charge is -2.33. The van der Waals surface area contributed by atoms with E-state index >= 15 is 0 Å². The number of esters is 2. The number of carbonyl (C=O) groups is 11. The first-order valence-electron chi connectivity index (χ1n) is 39.0. The molecule has 2 aromatic rings. The molecule has 1 aliphatic heterocycles. The van der Waals surface area contributed by atoms with E-state index < -0.39 is 131 Å². The third-order valence-corrected chi connectivity index (χ3v) is 22.0. The lowest BCUT2D eigenvalue weighted by atomic mass is 9.80. The molecule has 0 saturated heterocycles. The van der Waals surface area contributed by atoms with Crippen LogP contribution in [0.4, 0.5) is 4.79 Å². The summed E-state index contributed by atoms with van der Waals surface area (Å²) in [5.41, 5.74) is 2.21. The second kappa shape index (κ2) is 52.2. The van der Waals surface area contributed by atoms with Crippen LogP contribution < -0.4 is 31.9 Å². The average Bonchev–Trinajstić information content (AvgIpc) is 0.958. The zero-order valence-electron chi connectivity index (χ0n) is 67.9. The van der Waals surface area contributed by atoms with Crippen molar-refractivity contribution in [2.24, 2.45) is 23.7 Å². The summed E-state index contributed by atoms with van der Waals surface area (Å²) in [6.45, 7) is 18.1. The van der Waals surface area contributed by atoms with E-state index in [9.17, 15) is 71.7 Å². The predicted molar refractivity (Wildman–Crippen MR) is 422 cm³/mol. The van der Waals surface area contributed by atoms with Crippen molar-refractivity contribution in [2.45, 2.75) is 202 Å². The largest absolute Gasteiger partial charge is 0.481 e. The number of carbonyl (C=O) groups excluding carboxylic acids is 11. The molecule has 11 atom stereocenters. The number of hydrogen-bond donors (Lipinski definition) is 8. The first-order valence-corrected chi connectivity index (χ1v) is 42.4. The number of ketones is 1. The van der Waals surface area contributed by atoms with Gasteiger partial charge < -0.3 is 84.6 Å². The van der Waals surface area contributed by atoms with Crippen LogP contribution in [0, 0.1) is 23.7 Å². The molecule has 33 nitrogen and oxygen atoms in total. The summed E-state index contributed by atoms with van der Waals surface area (Å²) in [6, 6.07) is 8.26. The first-order chi connectivity index (χ1) is 54.1. The molecule has 1 saturated carbocycles. The van der Waals surface area contributed by atoms with Crippen molar-refractivity contribution in [3.8, 4) is 0 Å². The summed E-state index contributed by atoms with van der Waals surface area (Å²) in [5.74, 6) is -7.28. The number of cyclic esters (lactones) is 2. The molecule has 0 bridgehead atoms. The van der Waals surface area contributed by atoms with Gasteiger partial charge >= 0.3 is 33.7 Å². The van der Waals surface area contributed by atoms with Gasteiger partial charge in [0.05, 0.1) is 72.6 Å². The summed E-state index contributed by atoms with van der Waals surface area (Å²) < 4.78 is 79.3. The maximum atomic E-state index is 14.4. The van der Waals surface area contributed by atoms with Crippen LogP contribution >= 0.6 is 27.2 Å². The van der Waals surface area contributed by atoms with E-state index in [-0.39, 0.29) is 106 Å². The molecular formula is C78H121ClN8O25P2.